The first-order chi connectivity index (χ1) is 23.7. The Morgan fingerprint density at radius 1 is 1.04 bits per heavy atom. The van der Waals surface area contributed by atoms with Crippen molar-refractivity contribution in [1.82, 2.24) is 36.5 Å². The number of thioether (sulfide) groups is 1. The monoisotopic (exact) mass is 715 g/mol. The van der Waals surface area contributed by atoms with Gasteiger partial charge in [-0.3, -0.25) is 33.6 Å². The third-order valence-electron chi connectivity index (χ3n) is 8.57. The predicted octanol–water partition coefficient (Wildman–Crippen LogP) is -2.61. The van der Waals surface area contributed by atoms with Gasteiger partial charge in [-0.2, -0.15) is 0 Å². The van der Waals surface area contributed by atoms with E-state index in [2.05, 4.69) is 31.6 Å². The molecule has 11 N–H and O–H groups in total. The van der Waals surface area contributed by atoms with E-state index in [1.807, 2.05) is 0 Å². The number of nitrogens with zero attached hydrogens (tertiary/aromatic N) is 1. The minimum Gasteiger partial charge on any atom is -0.480 e. The van der Waals surface area contributed by atoms with E-state index in [-0.39, 0.29) is 25.3 Å². The zero-order valence-electron chi connectivity index (χ0n) is 27.4. The second-order valence-corrected chi connectivity index (χ2v) is 13.2. The number of hydrogen-bond acceptors (Lipinski definition) is 10. The van der Waals surface area contributed by atoms with Crippen LogP contribution in [0.25, 0.3) is 10.9 Å². The van der Waals surface area contributed by atoms with Crippen molar-refractivity contribution < 1.29 is 43.5 Å². The van der Waals surface area contributed by atoms with Crippen LogP contribution in [0, 0.1) is 5.92 Å². The number of carbonyl (C=O) groups is 8. The normalized spacial score (nSPS) is 23.5. The van der Waals surface area contributed by atoms with E-state index in [4.69, 9.17) is 11.5 Å². The molecule has 1 aromatic carbocycles. The molecule has 18 nitrogen and oxygen atoms in total. The molecule has 270 valence electrons. The molecule has 4 rings (SSSR count). The molecule has 1 aromatic heterocycles. The maximum atomic E-state index is 13.9. The van der Waals surface area contributed by atoms with E-state index < -0.39 is 96.4 Å². The standard InChI is InChI=1S/C31H41N9O9S/c1-3-14(2)24-26(45)35-13-23(43)39-29(27(46)36-19(11-21(33)41)30(47)40-9-8-20(40)31(48)49)50-28-16(15-6-4-5-7-18(15)37-28)10-17(32)25(44)34-12-22(42)38-24/h4-7,14,17,19-20,24,29,37H,3,8-13,32H2,1-2H3,(H2,33,41)(H,34,44)(H,35,45)(H,36,46)(H,38,42)(H,39,43)(H,48,49)/t14-,17-,19-,20-,24-,29-/m0/s1. The lowest BCUT2D eigenvalue weighted by atomic mass is 9.98. The van der Waals surface area contributed by atoms with Gasteiger partial charge in [0.25, 0.3) is 5.91 Å². The highest BCUT2D eigenvalue weighted by Gasteiger charge is 2.42. The largest absolute Gasteiger partial charge is 0.480 e. The number of hydrogen-bond donors (Lipinski definition) is 9. The third-order valence-corrected chi connectivity index (χ3v) is 9.72. The minimum absolute atomic E-state index is 0.0635. The van der Waals surface area contributed by atoms with E-state index >= 15 is 0 Å². The van der Waals surface area contributed by atoms with E-state index in [9.17, 15) is 43.5 Å². The summed E-state index contributed by atoms with van der Waals surface area (Å²) in [4.78, 5) is 107. The molecule has 0 unspecified atom stereocenters. The van der Waals surface area contributed by atoms with E-state index in [1.54, 1.807) is 38.1 Å². The highest BCUT2D eigenvalue weighted by Crippen LogP contribution is 2.33. The number of carbonyl (C=O) groups excluding carboxylic acids is 7. The first-order valence-corrected chi connectivity index (χ1v) is 16.9. The number of aromatic nitrogens is 1. The number of amides is 7. The molecular formula is C31H41N9O9S. The van der Waals surface area contributed by atoms with Crippen LogP contribution in [0.1, 0.15) is 38.7 Å². The van der Waals surface area contributed by atoms with E-state index in [0.717, 1.165) is 16.7 Å². The summed E-state index contributed by atoms with van der Waals surface area (Å²) < 4.78 is 0. The second kappa shape index (κ2) is 16.5. The van der Waals surface area contributed by atoms with Crippen LogP contribution >= 0.6 is 11.8 Å². The Kier molecular flexibility index (Phi) is 12.4. The van der Waals surface area contributed by atoms with Crippen LogP contribution < -0.4 is 38.1 Å². The molecule has 0 radical (unpaired) electrons. The predicted molar refractivity (Wildman–Crippen MR) is 179 cm³/mol. The number of carboxylic acid groups (broad SMARTS) is 1. The average Bonchev–Trinajstić information content (AvgIpc) is 3.38. The number of primary amides is 1. The van der Waals surface area contributed by atoms with Crippen molar-refractivity contribution in [1.29, 1.82) is 0 Å². The number of likely N-dealkylation sites (tertiary alicyclic amines) is 1. The van der Waals surface area contributed by atoms with Gasteiger partial charge in [0.2, 0.25) is 35.4 Å². The van der Waals surface area contributed by atoms with Crippen molar-refractivity contribution in [3.05, 3.63) is 29.8 Å². The molecule has 6 atom stereocenters. The summed E-state index contributed by atoms with van der Waals surface area (Å²) in [7, 11) is 0. The van der Waals surface area contributed by atoms with Gasteiger partial charge in [-0.05, 0) is 30.4 Å². The van der Waals surface area contributed by atoms with Crippen molar-refractivity contribution in [3.8, 4) is 0 Å². The number of nitrogens with one attached hydrogen (secondary N) is 6. The SMILES string of the molecule is CC[C@H](C)[C@@H]1NC(=O)CNC(=O)[C@@H](N)Cc2c([nH]c3ccccc23)S[C@@H](C(=O)N[C@@H](CC(N)=O)C(=O)N2CC[C@H]2C(=O)O)NC(=O)CNC1=O. The van der Waals surface area contributed by atoms with Gasteiger partial charge in [0.1, 0.15) is 18.1 Å². The van der Waals surface area contributed by atoms with Crippen LogP contribution in [-0.2, 0) is 44.8 Å². The quantitative estimate of drug-likeness (QED) is 0.137. The lowest BCUT2D eigenvalue weighted by Gasteiger charge is -2.40. The van der Waals surface area contributed by atoms with Crippen molar-refractivity contribution in [2.75, 3.05) is 19.6 Å². The molecule has 7 amide bonds. The second-order valence-electron chi connectivity index (χ2n) is 12.1. The Labute approximate surface area is 290 Å². The molecule has 3 heterocycles. The summed E-state index contributed by atoms with van der Waals surface area (Å²) in [5.74, 6) is -7.15. The molecule has 2 aliphatic rings. The Balaban J connectivity index is 1.70. The molecule has 2 aliphatic heterocycles. The van der Waals surface area contributed by atoms with Crippen LogP contribution in [0.5, 0.6) is 0 Å². The summed E-state index contributed by atoms with van der Waals surface area (Å²) in [6.45, 7) is 2.55. The first-order valence-electron chi connectivity index (χ1n) is 16.0. The maximum absolute atomic E-state index is 13.9. The Hall–Kier alpha value is -5.17. The van der Waals surface area contributed by atoms with Crippen LogP contribution in [-0.4, -0.2) is 111 Å². The molecule has 1 fully saturated rings. The fourth-order valence-corrected chi connectivity index (χ4v) is 6.62. The molecule has 1 saturated heterocycles. The Morgan fingerprint density at radius 3 is 2.32 bits per heavy atom. The van der Waals surface area contributed by atoms with Crippen molar-refractivity contribution in [2.45, 2.75) is 74.1 Å². The molecule has 19 heteroatoms. The van der Waals surface area contributed by atoms with E-state index in [0.29, 0.717) is 27.9 Å². The average molecular weight is 716 g/mol. The number of benzene rings is 1. The molecule has 0 saturated carbocycles. The van der Waals surface area contributed by atoms with Crippen molar-refractivity contribution in [3.63, 3.8) is 0 Å². The van der Waals surface area contributed by atoms with Gasteiger partial charge in [0.15, 0.2) is 5.37 Å². The number of H-pyrrole nitrogens is 1. The maximum Gasteiger partial charge on any atom is 0.326 e. The molecule has 50 heavy (non-hydrogen) atoms. The van der Waals surface area contributed by atoms with Gasteiger partial charge in [-0.15, -0.1) is 0 Å². The van der Waals surface area contributed by atoms with Crippen LogP contribution in [0.3, 0.4) is 0 Å². The van der Waals surface area contributed by atoms with Gasteiger partial charge >= 0.3 is 5.97 Å². The highest BCUT2D eigenvalue weighted by atomic mass is 32.2. The van der Waals surface area contributed by atoms with Crippen molar-refractivity contribution >= 4 is 70.0 Å². The molecule has 0 spiro atoms. The molecule has 0 aliphatic carbocycles. The lowest BCUT2D eigenvalue weighted by Crippen LogP contribution is -2.62. The van der Waals surface area contributed by atoms with Gasteiger partial charge in [-0.1, -0.05) is 50.2 Å². The summed E-state index contributed by atoms with van der Waals surface area (Å²) >= 11 is 0.811. The summed E-state index contributed by atoms with van der Waals surface area (Å²) in [6, 6.07) is 2.10. The third kappa shape index (κ3) is 9.08. The molecule has 0 bridgehead atoms. The molecule has 2 aromatic rings. The van der Waals surface area contributed by atoms with Gasteiger partial charge in [0, 0.05) is 17.4 Å². The number of aliphatic carboxylic acids is 1. The number of fused-ring (bicyclic) bond motifs is 3. The van der Waals surface area contributed by atoms with Crippen molar-refractivity contribution in [2.24, 2.45) is 17.4 Å². The van der Waals surface area contributed by atoms with Crippen LogP contribution in [0.4, 0.5) is 0 Å². The summed E-state index contributed by atoms with van der Waals surface area (Å²) in [6.07, 6.45) is -0.0449. The number of rotatable bonds is 8. The topological polar surface area (TPSA) is 288 Å². The fraction of sp³-hybridized carbons (Fsp3) is 0.484. The number of aromatic amines is 1. The minimum atomic E-state index is -1.55. The smallest absolute Gasteiger partial charge is 0.326 e. The lowest BCUT2D eigenvalue weighted by molar-refractivity contribution is -0.158. The number of nitrogens with two attached hydrogens (primary N) is 2. The first kappa shape index (κ1) is 37.6. The number of para-hydroxylation sites is 1. The van der Waals surface area contributed by atoms with Gasteiger partial charge in [0.05, 0.1) is 30.6 Å². The zero-order valence-corrected chi connectivity index (χ0v) is 28.3. The van der Waals surface area contributed by atoms with Gasteiger partial charge < -0.3 is 53.0 Å². The summed E-state index contributed by atoms with van der Waals surface area (Å²) in [5, 5.41) is 21.4. The summed E-state index contributed by atoms with van der Waals surface area (Å²) in [5.41, 5.74) is 12.8. The molecular weight excluding hydrogens is 674 g/mol. The van der Waals surface area contributed by atoms with Crippen LogP contribution in [0.15, 0.2) is 29.3 Å². The zero-order chi connectivity index (χ0) is 36.7. The van der Waals surface area contributed by atoms with Gasteiger partial charge in [-0.25, -0.2) is 4.79 Å². The highest BCUT2D eigenvalue weighted by molar-refractivity contribution is 8.00. The van der Waals surface area contributed by atoms with Crippen LogP contribution in [0.2, 0.25) is 0 Å². The fourth-order valence-electron chi connectivity index (χ4n) is 5.51. The Morgan fingerprint density at radius 2 is 1.70 bits per heavy atom. The number of carboxylic acids is 1. The van der Waals surface area contributed by atoms with E-state index in [1.165, 1.54) is 0 Å². The Bertz CT molecular complexity index is 1680.